The van der Waals surface area contributed by atoms with Crippen molar-refractivity contribution < 1.29 is 9.84 Å². The SMILES string of the molecule is C=CCCCN1CCOCC1CO. The van der Waals surface area contributed by atoms with Crippen molar-refractivity contribution in [2.75, 3.05) is 32.9 Å². The zero-order valence-corrected chi connectivity index (χ0v) is 8.11. The summed E-state index contributed by atoms with van der Waals surface area (Å²) in [7, 11) is 0. The van der Waals surface area contributed by atoms with Crippen molar-refractivity contribution in [3.8, 4) is 0 Å². The van der Waals surface area contributed by atoms with Crippen LogP contribution >= 0.6 is 0 Å². The van der Waals surface area contributed by atoms with Crippen molar-refractivity contribution in [2.24, 2.45) is 0 Å². The van der Waals surface area contributed by atoms with Gasteiger partial charge in [0.2, 0.25) is 0 Å². The zero-order chi connectivity index (χ0) is 9.52. The van der Waals surface area contributed by atoms with Gasteiger partial charge >= 0.3 is 0 Å². The Morgan fingerprint density at radius 2 is 2.46 bits per heavy atom. The summed E-state index contributed by atoms with van der Waals surface area (Å²) < 4.78 is 5.29. The lowest BCUT2D eigenvalue weighted by Gasteiger charge is -2.34. The fraction of sp³-hybridized carbons (Fsp3) is 0.800. The summed E-state index contributed by atoms with van der Waals surface area (Å²) in [6.07, 6.45) is 4.11. The Hall–Kier alpha value is -0.380. The summed E-state index contributed by atoms with van der Waals surface area (Å²) >= 11 is 0. The smallest absolute Gasteiger partial charge is 0.0644 e. The van der Waals surface area contributed by atoms with Gasteiger partial charge in [0.05, 0.1) is 25.9 Å². The number of rotatable bonds is 5. The molecule has 1 atom stereocenters. The van der Waals surface area contributed by atoms with Crippen molar-refractivity contribution in [1.82, 2.24) is 4.90 Å². The lowest BCUT2D eigenvalue weighted by molar-refractivity contribution is -0.0275. The number of allylic oxidation sites excluding steroid dienone is 1. The third-order valence-corrected chi connectivity index (χ3v) is 2.41. The second kappa shape index (κ2) is 6.13. The van der Waals surface area contributed by atoms with Crippen molar-refractivity contribution in [3.63, 3.8) is 0 Å². The molecular weight excluding hydrogens is 166 g/mol. The van der Waals surface area contributed by atoms with E-state index in [1.54, 1.807) is 0 Å². The number of morpholine rings is 1. The van der Waals surface area contributed by atoms with Gasteiger partial charge in [-0.1, -0.05) is 6.08 Å². The van der Waals surface area contributed by atoms with E-state index in [9.17, 15) is 0 Å². The Kier molecular flexibility index (Phi) is 5.05. The van der Waals surface area contributed by atoms with Crippen LogP contribution < -0.4 is 0 Å². The molecule has 1 aliphatic heterocycles. The maximum absolute atomic E-state index is 9.08. The Bertz CT molecular complexity index is 150. The number of ether oxygens (including phenoxy) is 1. The topological polar surface area (TPSA) is 32.7 Å². The number of hydrogen-bond acceptors (Lipinski definition) is 3. The summed E-state index contributed by atoms with van der Waals surface area (Å²) in [4.78, 5) is 2.30. The van der Waals surface area contributed by atoms with E-state index < -0.39 is 0 Å². The van der Waals surface area contributed by atoms with Gasteiger partial charge in [-0.15, -0.1) is 6.58 Å². The molecule has 76 valence electrons. The summed E-state index contributed by atoms with van der Waals surface area (Å²) in [5.41, 5.74) is 0. The highest BCUT2D eigenvalue weighted by Gasteiger charge is 2.20. The number of aliphatic hydroxyl groups is 1. The van der Waals surface area contributed by atoms with E-state index in [1.807, 2.05) is 6.08 Å². The molecule has 1 heterocycles. The van der Waals surface area contributed by atoms with Gasteiger partial charge in [0.1, 0.15) is 0 Å². The molecule has 13 heavy (non-hydrogen) atoms. The molecule has 0 bridgehead atoms. The molecule has 0 saturated carbocycles. The van der Waals surface area contributed by atoms with Crippen LogP contribution in [0.5, 0.6) is 0 Å². The lowest BCUT2D eigenvalue weighted by atomic mass is 10.2. The maximum Gasteiger partial charge on any atom is 0.0644 e. The number of hydrogen-bond donors (Lipinski definition) is 1. The van der Waals surface area contributed by atoms with Gasteiger partial charge in [-0.2, -0.15) is 0 Å². The predicted octanol–water partition coefficient (Wildman–Crippen LogP) is 0.646. The first-order valence-electron chi connectivity index (χ1n) is 4.92. The lowest BCUT2D eigenvalue weighted by Crippen LogP contribution is -2.47. The fourth-order valence-electron chi connectivity index (χ4n) is 1.59. The van der Waals surface area contributed by atoms with E-state index in [-0.39, 0.29) is 12.6 Å². The highest BCUT2D eigenvalue weighted by molar-refractivity contribution is 4.75. The summed E-state index contributed by atoms with van der Waals surface area (Å²) in [6.45, 7) is 7.35. The second-order valence-corrected chi connectivity index (χ2v) is 3.38. The van der Waals surface area contributed by atoms with Crippen LogP contribution in [0.3, 0.4) is 0 Å². The highest BCUT2D eigenvalue weighted by atomic mass is 16.5. The standard InChI is InChI=1S/C10H19NO2/c1-2-3-4-5-11-6-7-13-9-10(11)8-12/h2,10,12H,1,3-9H2. The minimum Gasteiger partial charge on any atom is -0.395 e. The average molecular weight is 185 g/mol. The van der Waals surface area contributed by atoms with Crippen LogP contribution in [0.4, 0.5) is 0 Å². The van der Waals surface area contributed by atoms with Crippen LogP contribution in [0.15, 0.2) is 12.7 Å². The third kappa shape index (κ3) is 3.46. The highest BCUT2D eigenvalue weighted by Crippen LogP contribution is 2.07. The third-order valence-electron chi connectivity index (χ3n) is 2.41. The van der Waals surface area contributed by atoms with Crippen molar-refractivity contribution in [2.45, 2.75) is 18.9 Å². The first-order valence-corrected chi connectivity index (χ1v) is 4.92. The Balaban J connectivity index is 2.23. The summed E-state index contributed by atoms with van der Waals surface area (Å²) in [5, 5.41) is 9.08. The van der Waals surface area contributed by atoms with Crippen LogP contribution in [0.2, 0.25) is 0 Å². The molecule has 0 spiro atoms. The minimum absolute atomic E-state index is 0.202. The monoisotopic (exact) mass is 185 g/mol. The molecule has 0 amide bonds. The van der Waals surface area contributed by atoms with Crippen LogP contribution in [0.25, 0.3) is 0 Å². The molecule has 1 aliphatic rings. The molecule has 0 aromatic rings. The molecule has 0 radical (unpaired) electrons. The second-order valence-electron chi connectivity index (χ2n) is 3.38. The first kappa shape index (κ1) is 10.7. The first-order chi connectivity index (χ1) is 6.38. The largest absolute Gasteiger partial charge is 0.395 e. The van der Waals surface area contributed by atoms with Crippen molar-refractivity contribution >= 4 is 0 Å². The summed E-state index contributed by atoms with van der Waals surface area (Å²) in [5.74, 6) is 0. The number of nitrogens with zero attached hydrogens (tertiary/aromatic N) is 1. The number of aliphatic hydroxyl groups excluding tert-OH is 1. The molecule has 0 aromatic carbocycles. The Morgan fingerprint density at radius 1 is 1.62 bits per heavy atom. The van der Waals surface area contributed by atoms with Gasteiger partial charge in [-0.05, 0) is 19.4 Å². The van der Waals surface area contributed by atoms with Crippen LogP contribution in [0.1, 0.15) is 12.8 Å². The van der Waals surface area contributed by atoms with E-state index in [0.717, 1.165) is 32.5 Å². The van der Waals surface area contributed by atoms with E-state index in [1.165, 1.54) is 0 Å². The Morgan fingerprint density at radius 3 is 3.15 bits per heavy atom. The van der Waals surface area contributed by atoms with E-state index in [0.29, 0.717) is 6.61 Å². The molecule has 1 rings (SSSR count). The molecule has 1 unspecified atom stereocenters. The van der Waals surface area contributed by atoms with Crippen molar-refractivity contribution in [3.05, 3.63) is 12.7 Å². The van der Waals surface area contributed by atoms with E-state index >= 15 is 0 Å². The average Bonchev–Trinajstić information content (AvgIpc) is 2.19. The minimum atomic E-state index is 0.202. The Labute approximate surface area is 80.0 Å². The van der Waals surface area contributed by atoms with Gasteiger partial charge < -0.3 is 9.84 Å². The molecule has 3 nitrogen and oxygen atoms in total. The normalized spacial score (nSPS) is 24.5. The maximum atomic E-state index is 9.08. The molecule has 1 N–H and O–H groups in total. The van der Waals surface area contributed by atoms with Crippen LogP contribution in [-0.4, -0.2) is 49.0 Å². The van der Waals surface area contributed by atoms with Crippen LogP contribution in [0, 0.1) is 0 Å². The van der Waals surface area contributed by atoms with Gasteiger partial charge in [-0.25, -0.2) is 0 Å². The molecule has 3 heteroatoms. The zero-order valence-electron chi connectivity index (χ0n) is 8.11. The van der Waals surface area contributed by atoms with Crippen molar-refractivity contribution in [1.29, 1.82) is 0 Å². The molecule has 0 aromatic heterocycles. The van der Waals surface area contributed by atoms with E-state index in [4.69, 9.17) is 9.84 Å². The van der Waals surface area contributed by atoms with Gasteiger partial charge in [0.15, 0.2) is 0 Å². The molecular formula is C10H19NO2. The summed E-state index contributed by atoms with van der Waals surface area (Å²) in [6, 6.07) is 0.207. The van der Waals surface area contributed by atoms with Crippen LogP contribution in [-0.2, 0) is 4.74 Å². The number of unbranched alkanes of at least 4 members (excludes halogenated alkanes) is 1. The van der Waals surface area contributed by atoms with Gasteiger partial charge in [0.25, 0.3) is 0 Å². The quantitative estimate of drug-likeness (QED) is 0.504. The predicted molar refractivity (Wildman–Crippen MR) is 52.7 cm³/mol. The fourth-order valence-corrected chi connectivity index (χ4v) is 1.59. The molecule has 1 fully saturated rings. The molecule has 1 saturated heterocycles. The molecule has 0 aliphatic carbocycles. The van der Waals surface area contributed by atoms with Gasteiger partial charge in [0, 0.05) is 6.54 Å². The van der Waals surface area contributed by atoms with Gasteiger partial charge in [-0.3, -0.25) is 4.90 Å². The van der Waals surface area contributed by atoms with E-state index in [2.05, 4.69) is 11.5 Å².